The Kier molecular flexibility index (Phi) is 6.02. The van der Waals surface area contributed by atoms with Crippen molar-refractivity contribution in [2.24, 2.45) is 0 Å². The Bertz CT molecular complexity index is 477. The Balaban J connectivity index is 1.91. The van der Waals surface area contributed by atoms with E-state index < -0.39 is 0 Å². The van der Waals surface area contributed by atoms with Crippen LogP contribution >= 0.6 is 11.3 Å². The molecule has 2 atom stereocenters. The Morgan fingerprint density at radius 2 is 2.25 bits per heavy atom. The number of morpholine rings is 1. The number of rotatable bonds is 4. The maximum absolute atomic E-state index is 9.23. The molecule has 1 aliphatic heterocycles. The van der Waals surface area contributed by atoms with Gasteiger partial charge in [0, 0.05) is 30.9 Å². The van der Waals surface area contributed by atoms with Crippen LogP contribution in [0.5, 0.6) is 0 Å². The third-order valence-electron chi connectivity index (χ3n) is 3.10. The lowest BCUT2D eigenvalue weighted by Gasteiger charge is -2.35. The fourth-order valence-electron chi connectivity index (χ4n) is 2.33. The van der Waals surface area contributed by atoms with Gasteiger partial charge in [-0.25, -0.2) is 0 Å². The second-order valence-corrected chi connectivity index (χ2v) is 6.16. The van der Waals surface area contributed by atoms with E-state index in [0.717, 1.165) is 24.5 Å². The lowest BCUT2D eigenvalue weighted by Crippen LogP contribution is -2.47. The van der Waals surface area contributed by atoms with E-state index in [1.54, 1.807) is 11.3 Å². The van der Waals surface area contributed by atoms with Crippen molar-refractivity contribution in [3.8, 4) is 11.8 Å². The Morgan fingerprint density at radius 3 is 3.00 bits per heavy atom. The average Bonchev–Trinajstić information content (AvgIpc) is 2.86. The van der Waals surface area contributed by atoms with Gasteiger partial charge in [0.15, 0.2) is 0 Å². The van der Waals surface area contributed by atoms with Crippen LogP contribution in [0.2, 0.25) is 0 Å². The molecule has 1 aromatic rings. The molecule has 1 aromatic heterocycles. The number of hydrogen-bond donors (Lipinski definition) is 2. The van der Waals surface area contributed by atoms with Gasteiger partial charge in [-0.05, 0) is 19.1 Å². The molecule has 2 unspecified atom stereocenters. The first-order valence-electron chi connectivity index (χ1n) is 6.88. The molecule has 0 amide bonds. The second-order valence-electron chi connectivity index (χ2n) is 4.99. The number of thiophene rings is 1. The van der Waals surface area contributed by atoms with Crippen molar-refractivity contribution in [3.63, 3.8) is 0 Å². The molecular weight excluding hydrogens is 274 g/mol. The highest BCUT2D eigenvalue weighted by atomic mass is 32.1. The van der Waals surface area contributed by atoms with Gasteiger partial charge in [-0.1, -0.05) is 11.8 Å². The van der Waals surface area contributed by atoms with Crippen LogP contribution in [-0.2, 0) is 11.3 Å². The van der Waals surface area contributed by atoms with Crippen LogP contribution in [0.25, 0.3) is 0 Å². The average molecular weight is 295 g/mol. The fraction of sp³-hybridized carbons (Fsp3) is 0.600. The van der Waals surface area contributed by atoms with Crippen LogP contribution in [0.4, 0.5) is 0 Å². The predicted molar refractivity (Wildman–Crippen MR) is 79.6 cm³/mol. The molecule has 0 saturated carbocycles. The van der Waals surface area contributed by atoms with Crippen molar-refractivity contribution >= 4 is 11.3 Å². The van der Waals surface area contributed by atoms with Crippen LogP contribution in [0.1, 0.15) is 23.1 Å². The van der Waals surface area contributed by atoms with Gasteiger partial charge in [-0.3, -0.25) is 4.90 Å². The highest BCUT2D eigenvalue weighted by Crippen LogP contribution is 2.20. The van der Waals surface area contributed by atoms with E-state index >= 15 is 0 Å². The largest absolute Gasteiger partial charge is 0.395 e. The first-order valence-corrected chi connectivity index (χ1v) is 7.70. The lowest BCUT2D eigenvalue weighted by molar-refractivity contribution is -0.0970. The maximum Gasteiger partial charge on any atom is 0.0936 e. The van der Waals surface area contributed by atoms with E-state index in [2.05, 4.69) is 22.8 Å². The summed E-state index contributed by atoms with van der Waals surface area (Å²) in [5, 5.41) is 17.9. The molecular formula is C15H21NO3S. The fourth-order valence-corrected chi connectivity index (χ4v) is 3.25. The molecule has 0 aliphatic carbocycles. The summed E-state index contributed by atoms with van der Waals surface area (Å²) in [4.78, 5) is 4.61. The molecule has 4 nitrogen and oxygen atoms in total. The number of aliphatic hydroxyl groups excluding tert-OH is 2. The number of hydrogen-bond acceptors (Lipinski definition) is 5. The Morgan fingerprint density at radius 1 is 1.40 bits per heavy atom. The standard InChI is InChI=1S/C15H21NO3S/c1-12-8-16(9-13(11-18)19-12)10-15-6-5-14(20-15)4-2-3-7-17/h5-6,12-13,17-18H,3,7-11H2,1H3. The van der Waals surface area contributed by atoms with Crippen molar-refractivity contribution in [1.29, 1.82) is 0 Å². The third-order valence-corrected chi connectivity index (χ3v) is 4.08. The first-order chi connectivity index (χ1) is 9.71. The van der Waals surface area contributed by atoms with Gasteiger partial charge in [0.05, 0.1) is 30.3 Å². The zero-order valence-corrected chi connectivity index (χ0v) is 12.5. The second kappa shape index (κ2) is 7.77. The SMILES string of the molecule is CC1CN(Cc2ccc(C#CCCO)s2)CC(CO)O1. The predicted octanol–water partition coefficient (Wildman–Crippen LogP) is 1.06. The smallest absolute Gasteiger partial charge is 0.0936 e. The quantitative estimate of drug-likeness (QED) is 0.816. The van der Waals surface area contributed by atoms with Crippen LogP contribution in [0.3, 0.4) is 0 Å². The number of ether oxygens (including phenoxy) is 1. The van der Waals surface area contributed by atoms with Crippen molar-refractivity contribution < 1.29 is 14.9 Å². The summed E-state index contributed by atoms with van der Waals surface area (Å²) in [5.41, 5.74) is 0. The summed E-state index contributed by atoms with van der Waals surface area (Å²) < 4.78 is 5.64. The summed E-state index contributed by atoms with van der Waals surface area (Å²) in [6, 6.07) is 4.12. The highest BCUT2D eigenvalue weighted by Gasteiger charge is 2.24. The van der Waals surface area contributed by atoms with Crippen molar-refractivity contribution in [3.05, 3.63) is 21.9 Å². The van der Waals surface area contributed by atoms with Crippen LogP contribution in [0.15, 0.2) is 12.1 Å². The van der Waals surface area contributed by atoms with Gasteiger partial charge in [-0.2, -0.15) is 0 Å². The lowest BCUT2D eigenvalue weighted by atomic mass is 10.2. The van der Waals surface area contributed by atoms with Gasteiger partial charge in [0.1, 0.15) is 0 Å². The molecule has 1 saturated heterocycles. The third kappa shape index (κ3) is 4.58. The molecule has 0 bridgehead atoms. The zero-order valence-electron chi connectivity index (χ0n) is 11.7. The molecule has 2 N–H and O–H groups in total. The van der Waals surface area contributed by atoms with Gasteiger partial charge in [-0.15, -0.1) is 11.3 Å². The van der Waals surface area contributed by atoms with E-state index in [9.17, 15) is 5.11 Å². The first kappa shape index (κ1) is 15.5. The minimum Gasteiger partial charge on any atom is -0.395 e. The summed E-state index contributed by atoms with van der Waals surface area (Å²) in [5.74, 6) is 5.99. The molecule has 0 radical (unpaired) electrons. The van der Waals surface area contributed by atoms with E-state index in [0.29, 0.717) is 6.42 Å². The van der Waals surface area contributed by atoms with Gasteiger partial charge in [0.25, 0.3) is 0 Å². The topological polar surface area (TPSA) is 52.9 Å². The molecule has 1 aliphatic rings. The highest BCUT2D eigenvalue weighted by molar-refractivity contribution is 7.12. The normalized spacial score (nSPS) is 23.4. The summed E-state index contributed by atoms with van der Waals surface area (Å²) >= 11 is 1.69. The summed E-state index contributed by atoms with van der Waals surface area (Å²) in [7, 11) is 0. The number of aliphatic hydroxyl groups is 2. The minimum absolute atomic E-state index is 0.0726. The van der Waals surface area contributed by atoms with Crippen molar-refractivity contribution in [2.75, 3.05) is 26.3 Å². The Labute approximate surface area is 124 Å². The van der Waals surface area contributed by atoms with Gasteiger partial charge in [0.2, 0.25) is 0 Å². The Hall–Kier alpha value is -0.900. The molecule has 0 spiro atoms. The monoisotopic (exact) mass is 295 g/mol. The van der Waals surface area contributed by atoms with Crippen LogP contribution < -0.4 is 0 Å². The molecule has 2 rings (SSSR count). The molecule has 5 heteroatoms. The number of nitrogens with zero attached hydrogens (tertiary/aromatic N) is 1. The van der Waals surface area contributed by atoms with Crippen LogP contribution in [0, 0.1) is 11.8 Å². The maximum atomic E-state index is 9.23. The minimum atomic E-state index is -0.0810. The molecule has 0 aromatic carbocycles. The summed E-state index contributed by atoms with van der Waals surface area (Å²) in [6.07, 6.45) is 0.596. The van der Waals surface area contributed by atoms with E-state index in [1.807, 2.05) is 13.0 Å². The zero-order chi connectivity index (χ0) is 14.4. The van der Waals surface area contributed by atoms with Gasteiger partial charge >= 0.3 is 0 Å². The molecule has 20 heavy (non-hydrogen) atoms. The van der Waals surface area contributed by atoms with Crippen LogP contribution in [-0.4, -0.2) is 53.6 Å². The van der Waals surface area contributed by atoms with E-state index in [4.69, 9.17) is 9.84 Å². The van der Waals surface area contributed by atoms with Gasteiger partial charge < -0.3 is 14.9 Å². The summed E-state index contributed by atoms with van der Waals surface area (Å²) in [6.45, 7) is 4.75. The molecule has 110 valence electrons. The van der Waals surface area contributed by atoms with Crippen molar-refractivity contribution in [2.45, 2.75) is 32.1 Å². The van der Waals surface area contributed by atoms with Crippen molar-refractivity contribution in [1.82, 2.24) is 4.90 Å². The molecule has 2 heterocycles. The van der Waals surface area contributed by atoms with E-state index in [-0.39, 0.29) is 25.4 Å². The van der Waals surface area contributed by atoms with E-state index in [1.165, 1.54) is 4.88 Å². The molecule has 1 fully saturated rings.